The zero-order valence-electron chi connectivity index (χ0n) is 33.1. The summed E-state index contributed by atoms with van der Waals surface area (Å²) in [6, 6.07) is 79.1. The maximum absolute atomic E-state index is 7.08. The number of fused-ring (bicyclic) bond motifs is 7. The zero-order chi connectivity index (χ0) is 40.0. The van der Waals surface area contributed by atoms with E-state index in [-0.39, 0.29) is 6.71 Å². The van der Waals surface area contributed by atoms with Crippen molar-refractivity contribution in [1.29, 1.82) is 0 Å². The third-order valence-electron chi connectivity index (χ3n) is 12.8. The Morgan fingerprint density at radius 2 is 1.00 bits per heavy atom. The van der Waals surface area contributed by atoms with Crippen molar-refractivity contribution in [2.45, 2.75) is 0 Å². The van der Waals surface area contributed by atoms with Gasteiger partial charge < -0.3 is 19.4 Å². The van der Waals surface area contributed by atoms with Gasteiger partial charge in [0, 0.05) is 50.2 Å². The lowest BCUT2D eigenvalue weighted by Crippen LogP contribution is -2.59. The first-order valence-electron chi connectivity index (χ1n) is 21.0. The van der Waals surface area contributed by atoms with Gasteiger partial charge >= 0.3 is 0 Å². The van der Waals surface area contributed by atoms with Crippen molar-refractivity contribution >= 4 is 95.8 Å². The lowest BCUT2D eigenvalue weighted by atomic mass is 9.34. The monoisotopic (exact) mass is 777 g/mol. The average Bonchev–Trinajstić information content (AvgIpc) is 3.32. The molecule has 0 N–H and O–H groups in total. The lowest BCUT2D eigenvalue weighted by molar-refractivity contribution is 0.488. The lowest BCUT2D eigenvalue weighted by Gasteiger charge is -2.41. The largest absolute Gasteiger partial charge is 0.458 e. The molecule has 0 unspecified atom stereocenters. The molecule has 284 valence electrons. The second-order valence-electron chi connectivity index (χ2n) is 16.0. The van der Waals surface area contributed by atoms with E-state index >= 15 is 0 Å². The summed E-state index contributed by atoms with van der Waals surface area (Å²) in [6.45, 7) is -0.0197. The molecule has 0 saturated carbocycles. The molecule has 0 aromatic heterocycles. The molecule has 5 heteroatoms. The molecule has 13 rings (SSSR count). The van der Waals surface area contributed by atoms with Crippen LogP contribution in [0.5, 0.6) is 11.5 Å². The van der Waals surface area contributed by atoms with Gasteiger partial charge in [-0.15, -0.1) is 0 Å². The first-order chi connectivity index (χ1) is 30.3. The Morgan fingerprint density at radius 3 is 1.82 bits per heavy atom. The number of anilines is 9. The maximum Gasteiger partial charge on any atom is 0.256 e. The highest BCUT2D eigenvalue weighted by molar-refractivity contribution is 6.99. The number of benzene rings is 10. The second-order valence-corrected chi connectivity index (χ2v) is 16.0. The average molecular weight is 778 g/mol. The van der Waals surface area contributed by atoms with Gasteiger partial charge in [-0.3, -0.25) is 0 Å². The van der Waals surface area contributed by atoms with E-state index in [9.17, 15) is 0 Å². The summed E-state index contributed by atoms with van der Waals surface area (Å²) in [5.41, 5.74) is 16.2. The SMILES string of the molecule is c1ccc(N2c3ccccc3B3c4cc5c(cc4Oc4cccc2c43)-c2ccc(N(c3ccccc3)c3cccc4ccccc34)c3cccc(c23)N5c2ccccc2)cc1. The van der Waals surface area contributed by atoms with Crippen molar-refractivity contribution in [3.8, 4) is 22.6 Å². The summed E-state index contributed by atoms with van der Waals surface area (Å²) in [5, 5.41) is 4.79. The highest BCUT2D eigenvalue weighted by Gasteiger charge is 2.43. The summed E-state index contributed by atoms with van der Waals surface area (Å²) in [7, 11) is 0. The number of rotatable bonds is 5. The smallest absolute Gasteiger partial charge is 0.256 e. The maximum atomic E-state index is 7.08. The third-order valence-corrected chi connectivity index (χ3v) is 12.8. The summed E-state index contributed by atoms with van der Waals surface area (Å²) in [4.78, 5) is 7.28. The highest BCUT2D eigenvalue weighted by Crippen LogP contribution is 2.55. The van der Waals surface area contributed by atoms with Crippen LogP contribution in [0, 0.1) is 0 Å². The van der Waals surface area contributed by atoms with Crippen LogP contribution in [0.15, 0.2) is 218 Å². The van der Waals surface area contributed by atoms with Gasteiger partial charge in [0.15, 0.2) is 0 Å². The second kappa shape index (κ2) is 13.3. The molecule has 0 aliphatic carbocycles. The van der Waals surface area contributed by atoms with E-state index in [1.165, 1.54) is 49.2 Å². The van der Waals surface area contributed by atoms with E-state index in [4.69, 9.17) is 4.74 Å². The number of ether oxygens (including phenoxy) is 1. The van der Waals surface area contributed by atoms with Crippen LogP contribution in [0.3, 0.4) is 0 Å². The molecule has 10 aromatic carbocycles. The molecule has 0 fully saturated rings. The fourth-order valence-electron chi connectivity index (χ4n) is 10.3. The molecule has 10 aromatic rings. The van der Waals surface area contributed by atoms with E-state index in [1.807, 2.05) is 0 Å². The van der Waals surface area contributed by atoms with Crippen molar-refractivity contribution in [3.05, 3.63) is 218 Å². The standard InChI is InChI=1S/C56H36BN3O/c1-4-19-38(20-5-1)58(47-29-14-18-37-17-10-11-25-41(37)47)48-34-33-42-44-35-54-46(36-52(44)60(40-23-8-3-9-24-40)50-30-15-26-43(48)55(42)50)57-45-27-12-13-28-49(45)59(39-21-6-2-7-22-39)51-31-16-32-53(61-54)56(51)57/h1-36H. The van der Waals surface area contributed by atoms with Gasteiger partial charge in [-0.05, 0) is 112 Å². The van der Waals surface area contributed by atoms with Crippen molar-refractivity contribution in [2.24, 2.45) is 0 Å². The number of hydrogen-bond acceptors (Lipinski definition) is 4. The fourth-order valence-corrected chi connectivity index (χ4v) is 10.3. The van der Waals surface area contributed by atoms with E-state index < -0.39 is 0 Å². The molecule has 4 nitrogen and oxygen atoms in total. The van der Waals surface area contributed by atoms with E-state index in [0.717, 1.165) is 62.6 Å². The van der Waals surface area contributed by atoms with E-state index in [1.54, 1.807) is 0 Å². The molecule has 0 radical (unpaired) electrons. The van der Waals surface area contributed by atoms with Crippen molar-refractivity contribution in [3.63, 3.8) is 0 Å². The summed E-state index contributed by atoms with van der Waals surface area (Å²) in [5.74, 6) is 1.79. The number of hydrogen-bond donors (Lipinski definition) is 0. The van der Waals surface area contributed by atoms with Gasteiger partial charge in [0.2, 0.25) is 0 Å². The number of para-hydroxylation sites is 4. The molecule has 0 atom stereocenters. The molecule has 3 heterocycles. The Balaban J connectivity index is 1.06. The van der Waals surface area contributed by atoms with Crippen LogP contribution in [0.25, 0.3) is 32.7 Å². The van der Waals surface area contributed by atoms with Crippen molar-refractivity contribution in [2.75, 3.05) is 14.7 Å². The predicted octanol–water partition coefficient (Wildman–Crippen LogP) is 13.3. The molecule has 0 bridgehead atoms. The minimum Gasteiger partial charge on any atom is -0.458 e. The Bertz CT molecular complexity index is 3370. The zero-order valence-corrected chi connectivity index (χ0v) is 33.1. The van der Waals surface area contributed by atoms with Crippen LogP contribution in [0.2, 0.25) is 0 Å². The summed E-state index contributed by atoms with van der Waals surface area (Å²) >= 11 is 0. The topological polar surface area (TPSA) is 19.0 Å². The predicted molar refractivity (Wildman–Crippen MR) is 256 cm³/mol. The minimum absolute atomic E-state index is 0.0197. The van der Waals surface area contributed by atoms with Gasteiger partial charge in [-0.1, -0.05) is 133 Å². The summed E-state index contributed by atoms with van der Waals surface area (Å²) in [6.07, 6.45) is 0. The molecule has 0 saturated heterocycles. The van der Waals surface area contributed by atoms with Crippen LogP contribution in [0.4, 0.5) is 51.2 Å². The van der Waals surface area contributed by atoms with Gasteiger partial charge in [0.1, 0.15) is 11.5 Å². The Kier molecular flexibility index (Phi) is 7.37. The minimum atomic E-state index is -0.0197. The summed E-state index contributed by atoms with van der Waals surface area (Å²) < 4.78 is 7.08. The van der Waals surface area contributed by atoms with E-state index in [2.05, 4.69) is 233 Å². The molecular weight excluding hydrogens is 741 g/mol. The van der Waals surface area contributed by atoms with Gasteiger partial charge in [0.05, 0.1) is 22.7 Å². The molecule has 61 heavy (non-hydrogen) atoms. The first-order valence-corrected chi connectivity index (χ1v) is 21.0. The van der Waals surface area contributed by atoms with Crippen molar-refractivity contribution in [1.82, 2.24) is 0 Å². The van der Waals surface area contributed by atoms with Crippen molar-refractivity contribution < 1.29 is 4.74 Å². The number of nitrogens with zero attached hydrogens (tertiary/aromatic N) is 3. The van der Waals surface area contributed by atoms with Gasteiger partial charge in [0.25, 0.3) is 6.71 Å². The fraction of sp³-hybridized carbons (Fsp3) is 0. The first kappa shape index (κ1) is 33.9. The third kappa shape index (κ3) is 5.01. The Morgan fingerprint density at radius 1 is 0.393 bits per heavy atom. The Labute approximate surface area is 354 Å². The normalized spacial score (nSPS) is 13.0. The molecule has 3 aliphatic heterocycles. The quantitative estimate of drug-likeness (QED) is 0.162. The molecular formula is C56H36BN3O. The van der Waals surface area contributed by atoms with Crippen LogP contribution >= 0.6 is 0 Å². The van der Waals surface area contributed by atoms with Crippen LogP contribution in [-0.2, 0) is 0 Å². The molecule has 0 spiro atoms. The van der Waals surface area contributed by atoms with Gasteiger partial charge in [-0.2, -0.15) is 0 Å². The van der Waals surface area contributed by atoms with Crippen LogP contribution in [0.1, 0.15) is 0 Å². The van der Waals surface area contributed by atoms with Crippen LogP contribution in [-0.4, -0.2) is 6.71 Å². The molecule has 3 aliphatic rings. The van der Waals surface area contributed by atoms with Gasteiger partial charge in [-0.25, -0.2) is 0 Å². The highest BCUT2D eigenvalue weighted by atomic mass is 16.5. The van der Waals surface area contributed by atoms with E-state index in [0.29, 0.717) is 0 Å². The molecule has 0 amide bonds. The Hall–Kier alpha value is -8.02. The van der Waals surface area contributed by atoms with Crippen LogP contribution < -0.4 is 35.8 Å².